The van der Waals surface area contributed by atoms with E-state index in [2.05, 4.69) is 5.10 Å². The molecule has 1 aliphatic heterocycles. The lowest BCUT2D eigenvalue weighted by Crippen LogP contribution is -2.39. The summed E-state index contributed by atoms with van der Waals surface area (Å²) >= 11 is 6.39. The van der Waals surface area contributed by atoms with Gasteiger partial charge in [0.05, 0.1) is 18.3 Å². The second-order valence-corrected chi connectivity index (χ2v) is 6.88. The summed E-state index contributed by atoms with van der Waals surface area (Å²) in [5.41, 5.74) is 1.90. The molecule has 0 radical (unpaired) electrons. The molecule has 0 aromatic carbocycles. The van der Waals surface area contributed by atoms with Crippen LogP contribution in [0, 0.1) is 12.8 Å². The number of aromatic nitrogens is 2. The van der Waals surface area contributed by atoms with Crippen LogP contribution < -0.4 is 0 Å². The number of carbonyl (C=O) groups excluding carboxylic acids is 1. The maximum absolute atomic E-state index is 12.7. The molecule has 122 valence electrons. The number of rotatable bonds is 5. The van der Waals surface area contributed by atoms with Gasteiger partial charge in [-0.25, -0.2) is 0 Å². The summed E-state index contributed by atoms with van der Waals surface area (Å²) in [6.07, 6.45) is 4.02. The molecule has 22 heavy (non-hydrogen) atoms. The van der Waals surface area contributed by atoms with E-state index in [-0.39, 0.29) is 18.1 Å². The molecule has 1 amide bonds. The quantitative estimate of drug-likeness (QED) is 0.836. The first kappa shape index (κ1) is 15.8. The summed E-state index contributed by atoms with van der Waals surface area (Å²) in [6, 6.07) is 0.0284. The zero-order valence-corrected chi connectivity index (χ0v) is 14.3. The van der Waals surface area contributed by atoms with E-state index in [0.29, 0.717) is 17.7 Å². The second kappa shape index (κ2) is 6.20. The van der Waals surface area contributed by atoms with Crippen molar-refractivity contribution in [3.63, 3.8) is 0 Å². The summed E-state index contributed by atoms with van der Waals surface area (Å²) < 4.78 is 7.43. The predicted molar refractivity (Wildman–Crippen MR) is 84.8 cm³/mol. The number of hydrogen-bond acceptors (Lipinski definition) is 3. The molecule has 1 saturated carbocycles. The minimum absolute atomic E-state index is 0.0284. The van der Waals surface area contributed by atoms with Crippen LogP contribution in [-0.4, -0.2) is 39.8 Å². The molecule has 5 nitrogen and oxygen atoms in total. The first-order valence-electron chi connectivity index (χ1n) is 8.10. The maximum Gasteiger partial charge on any atom is 0.251 e. The number of likely N-dealkylation sites (tertiary alicyclic amines) is 1. The first-order chi connectivity index (χ1) is 10.5. The van der Waals surface area contributed by atoms with E-state index in [0.717, 1.165) is 30.6 Å². The van der Waals surface area contributed by atoms with Crippen LogP contribution in [0.3, 0.4) is 0 Å². The van der Waals surface area contributed by atoms with Crippen LogP contribution in [0.25, 0.3) is 0 Å². The predicted octanol–water partition coefficient (Wildman–Crippen LogP) is 2.86. The Hall–Kier alpha value is -1.07. The Bertz CT molecular complexity index is 568. The molecule has 2 atom stereocenters. The summed E-state index contributed by atoms with van der Waals surface area (Å²) in [5.74, 6) is 0.738. The topological polar surface area (TPSA) is 47.4 Å². The molecule has 6 heteroatoms. The fraction of sp³-hybridized carbons (Fsp3) is 0.750. The van der Waals surface area contributed by atoms with Gasteiger partial charge in [0.2, 0.25) is 0 Å². The van der Waals surface area contributed by atoms with Crippen LogP contribution in [-0.2, 0) is 16.6 Å². The standard InChI is InChI=1S/C16H24ClN3O2/c1-10-14(15(17)19(3)18-10)13-5-4-8-20(13)16(21)11(2)22-9-12-6-7-12/h11-13H,4-9H2,1-3H3/t11-,13+/m1/s1. The Balaban J connectivity index is 1.72. The van der Waals surface area contributed by atoms with Gasteiger partial charge in [0.25, 0.3) is 5.91 Å². The third-order valence-corrected chi connectivity index (χ3v) is 5.14. The zero-order chi connectivity index (χ0) is 15.9. The summed E-state index contributed by atoms with van der Waals surface area (Å²) in [4.78, 5) is 14.6. The van der Waals surface area contributed by atoms with Crippen LogP contribution in [0.2, 0.25) is 5.15 Å². The fourth-order valence-electron chi connectivity index (χ4n) is 3.23. The first-order valence-corrected chi connectivity index (χ1v) is 8.48. The lowest BCUT2D eigenvalue weighted by molar-refractivity contribution is -0.143. The molecule has 1 aliphatic carbocycles. The largest absolute Gasteiger partial charge is 0.368 e. The second-order valence-electron chi connectivity index (χ2n) is 6.52. The number of amides is 1. The number of halogens is 1. The van der Waals surface area contributed by atoms with Gasteiger partial charge < -0.3 is 9.64 Å². The fourth-order valence-corrected chi connectivity index (χ4v) is 3.53. The van der Waals surface area contributed by atoms with Gasteiger partial charge in [-0.2, -0.15) is 5.10 Å². The van der Waals surface area contributed by atoms with Crippen molar-refractivity contribution in [1.82, 2.24) is 14.7 Å². The monoisotopic (exact) mass is 325 g/mol. The Labute approximate surface area is 136 Å². The highest BCUT2D eigenvalue weighted by molar-refractivity contribution is 6.30. The normalized spacial score (nSPS) is 23.1. The van der Waals surface area contributed by atoms with E-state index < -0.39 is 0 Å². The van der Waals surface area contributed by atoms with Gasteiger partial charge in [-0.3, -0.25) is 9.48 Å². The van der Waals surface area contributed by atoms with Gasteiger partial charge in [0, 0.05) is 19.2 Å². The van der Waals surface area contributed by atoms with E-state index in [9.17, 15) is 4.79 Å². The maximum atomic E-state index is 12.7. The lowest BCUT2D eigenvalue weighted by atomic mass is 10.1. The summed E-state index contributed by atoms with van der Waals surface area (Å²) in [7, 11) is 1.83. The average molecular weight is 326 g/mol. The molecule has 1 aromatic rings. The highest BCUT2D eigenvalue weighted by Crippen LogP contribution is 2.38. The molecular weight excluding hydrogens is 302 g/mol. The average Bonchev–Trinajstić information content (AvgIpc) is 3.14. The van der Waals surface area contributed by atoms with Crippen molar-refractivity contribution in [3.8, 4) is 0 Å². The van der Waals surface area contributed by atoms with E-state index in [1.807, 2.05) is 25.8 Å². The van der Waals surface area contributed by atoms with Gasteiger partial charge in [0.1, 0.15) is 11.3 Å². The molecule has 1 aromatic heterocycles. The molecule has 2 fully saturated rings. The Morgan fingerprint density at radius 3 is 2.77 bits per heavy atom. The Morgan fingerprint density at radius 2 is 2.18 bits per heavy atom. The van der Waals surface area contributed by atoms with Crippen molar-refractivity contribution in [3.05, 3.63) is 16.4 Å². The van der Waals surface area contributed by atoms with Gasteiger partial charge in [-0.05, 0) is 45.4 Å². The number of nitrogens with zero attached hydrogens (tertiary/aromatic N) is 3. The number of ether oxygens (including phenoxy) is 1. The van der Waals surface area contributed by atoms with Crippen LogP contribution in [0.1, 0.15) is 49.9 Å². The van der Waals surface area contributed by atoms with Crippen LogP contribution in [0.5, 0.6) is 0 Å². The van der Waals surface area contributed by atoms with Crippen molar-refractivity contribution in [2.75, 3.05) is 13.2 Å². The Morgan fingerprint density at radius 1 is 1.45 bits per heavy atom. The molecular formula is C16H24ClN3O2. The van der Waals surface area contributed by atoms with Crippen molar-refractivity contribution in [2.45, 2.75) is 51.7 Å². The lowest BCUT2D eigenvalue weighted by Gasteiger charge is -2.27. The molecule has 0 unspecified atom stereocenters. The van der Waals surface area contributed by atoms with E-state index in [4.69, 9.17) is 16.3 Å². The van der Waals surface area contributed by atoms with E-state index in [1.165, 1.54) is 12.8 Å². The minimum Gasteiger partial charge on any atom is -0.368 e. The van der Waals surface area contributed by atoms with Gasteiger partial charge >= 0.3 is 0 Å². The van der Waals surface area contributed by atoms with Crippen LogP contribution in [0.4, 0.5) is 0 Å². The third-order valence-electron chi connectivity index (χ3n) is 4.69. The molecule has 2 heterocycles. The van der Waals surface area contributed by atoms with Gasteiger partial charge in [0.15, 0.2) is 0 Å². The molecule has 0 bridgehead atoms. The van der Waals surface area contributed by atoms with Crippen molar-refractivity contribution >= 4 is 17.5 Å². The van der Waals surface area contributed by atoms with Crippen LogP contribution >= 0.6 is 11.6 Å². The Kier molecular flexibility index (Phi) is 4.46. The van der Waals surface area contributed by atoms with Crippen molar-refractivity contribution in [2.24, 2.45) is 13.0 Å². The SMILES string of the molecule is Cc1nn(C)c(Cl)c1[C@@H]1CCCN1C(=O)[C@@H](C)OCC1CC1. The summed E-state index contributed by atoms with van der Waals surface area (Å²) in [6.45, 7) is 5.29. The highest BCUT2D eigenvalue weighted by Gasteiger charge is 2.36. The molecule has 0 N–H and O–H groups in total. The molecule has 2 aliphatic rings. The molecule has 0 spiro atoms. The van der Waals surface area contributed by atoms with Crippen molar-refractivity contribution in [1.29, 1.82) is 0 Å². The number of aryl methyl sites for hydroxylation is 2. The van der Waals surface area contributed by atoms with Crippen LogP contribution in [0.15, 0.2) is 0 Å². The van der Waals surface area contributed by atoms with Gasteiger partial charge in [-0.1, -0.05) is 11.6 Å². The van der Waals surface area contributed by atoms with E-state index in [1.54, 1.807) is 4.68 Å². The number of hydrogen-bond donors (Lipinski definition) is 0. The molecule has 3 rings (SSSR count). The smallest absolute Gasteiger partial charge is 0.251 e. The number of carbonyl (C=O) groups is 1. The summed E-state index contributed by atoms with van der Waals surface area (Å²) in [5, 5.41) is 5.01. The van der Waals surface area contributed by atoms with Crippen molar-refractivity contribution < 1.29 is 9.53 Å². The zero-order valence-electron chi connectivity index (χ0n) is 13.5. The highest BCUT2D eigenvalue weighted by atomic mass is 35.5. The molecule has 1 saturated heterocycles. The van der Waals surface area contributed by atoms with Gasteiger partial charge in [-0.15, -0.1) is 0 Å². The minimum atomic E-state index is -0.378. The van der Waals surface area contributed by atoms with E-state index >= 15 is 0 Å². The third kappa shape index (κ3) is 3.01.